The number of ether oxygens (including phenoxy) is 1. The molecule has 0 heterocycles. The van der Waals surface area contributed by atoms with Crippen LogP contribution in [0.15, 0.2) is 54.6 Å². The van der Waals surface area contributed by atoms with Gasteiger partial charge in [0.25, 0.3) is 5.91 Å². The second kappa shape index (κ2) is 7.11. The maximum absolute atomic E-state index is 12.7. The van der Waals surface area contributed by atoms with Crippen LogP contribution < -0.4 is 10.1 Å². The van der Waals surface area contributed by atoms with Crippen LogP contribution in [0, 0.1) is 0 Å². The number of ketones is 1. The van der Waals surface area contributed by atoms with Crippen LogP contribution >= 0.6 is 11.6 Å². The Hall–Kier alpha value is -2.59. The Balaban J connectivity index is 2.39. The molecule has 2 rings (SSSR count). The Morgan fingerprint density at radius 1 is 1.13 bits per heavy atom. The molecule has 0 aliphatic heterocycles. The summed E-state index contributed by atoms with van der Waals surface area (Å²) in [6.07, 6.45) is 0. The van der Waals surface area contributed by atoms with Crippen molar-refractivity contribution >= 4 is 29.0 Å². The number of anilines is 1. The van der Waals surface area contributed by atoms with Crippen LogP contribution in [0.5, 0.6) is 5.75 Å². The van der Waals surface area contributed by atoms with Crippen LogP contribution in [0.3, 0.4) is 0 Å². The Labute approximate surface area is 139 Å². The predicted molar refractivity (Wildman–Crippen MR) is 91.3 cm³/mol. The highest BCUT2D eigenvalue weighted by molar-refractivity contribution is 6.31. The van der Waals surface area contributed by atoms with Crippen LogP contribution in [-0.2, 0) is 4.79 Å². The number of amides is 1. The molecule has 4 nitrogen and oxygen atoms in total. The van der Waals surface area contributed by atoms with E-state index in [0.29, 0.717) is 33.2 Å². The van der Waals surface area contributed by atoms with Crippen molar-refractivity contribution in [3.63, 3.8) is 0 Å². The molecule has 0 aliphatic rings. The zero-order chi connectivity index (χ0) is 17.0. The van der Waals surface area contributed by atoms with E-state index in [1.54, 1.807) is 50.4 Å². The fraction of sp³-hybridized carbons (Fsp3) is 0.111. The molecule has 0 radical (unpaired) electrons. The van der Waals surface area contributed by atoms with Crippen LogP contribution in [0.2, 0.25) is 5.02 Å². The Morgan fingerprint density at radius 3 is 2.35 bits per heavy atom. The van der Waals surface area contributed by atoms with Gasteiger partial charge in [-0.15, -0.1) is 0 Å². The summed E-state index contributed by atoms with van der Waals surface area (Å²) in [7, 11) is 1.55. The minimum atomic E-state index is -0.351. The molecular formula is C18H16ClNO3. The van der Waals surface area contributed by atoms with Crippen molar-refractivity contribution in [2.75, 3.05) is 12.4 Å². The number of hydrogen-bond acceptors (Lipinski definition) is 3. The van der Waals surface area contributed by atoms with Crippen molar-refractivity contribution in [2.45, 2.75) is 6.92 Å². The summed E-state index contributed by atoms with van der Waals surface area (Å²) in [5.41, 5.74) is 1.53. The van der Waals surface area contributed by atoms with E-state index in [0.717, 1.165) is 0 Å². The van der Waals surface area contributed by atoms with Gasteiger partial charge < -0.3 is 10.1 Å². The minimum absolute atomic E-state index is 0.243. The van der Waals surface area contributed by atoms with Crippen molar-refractivity contribution in [2.24, 2.45) is 0 Å². The number of hydrogen-bond donors (Lipinski definition) is 1. The number of nitrogens with one attached hydrogen (secondary N) is 1. The Kier molecular flexibility index (Phi) is 5.19. The van der Waals surface area contributed by atoms with Gasteiger partial charge in [-0.05, 0) is 49.4 Å². The molecule has 0 saturated heterocycles. The van der Waals surface area contributed by atoms with Gasteiger partial charge in [0.1, 0.15) is 5.75 Å². The van der Waals surface area contributed by atoms with Gasteiger partial charge in [-0.25, -0.2) is 0 Å². The van der Waals surface area contributed by atoms with E-state index >= 15 is 0 Å². The van der Waals surface area contributed by atoms with Gasteiger partial charge in [-0.2, -0.15) is 0 Å². The number of carbonyl (C=O) groups is 2. The van der Waals surface area contributed by atoms with Gasteiger partial charge in [-0.3, -0.25) is 9.59 Å². The molecule has 5 heteroatoms. The highest BCUT2D eigenvalue weighted by atomic mass is 35.5. The average Bonchev–Trinajstić information content (AvgIpc) is 2.55. The van der Waals surface area contributed by atoms with Crippen molar-refractivity contribution in [1.82, 2.24) is 0 Å². The summed E-state index contributed by atoms with van der Waals surface area (Å²) >= 11 is 5.99. The minimum Gasteiger partial charge on any atom is -0.497 e. The first-order chi connectivity index (χ1) is 10.9. The van der Waals surface area contributed by atoms with Crippen molar-refractivity contribution < 1.29 is 14.3 Å². The number of carbonyl (C=O) groups excluding carboxylic acids is 2. The fourth-order valence-electron chi connectivity index (χ4n) is 1.94. The smallest absolute Gasteiger partial charge is 0.250 e. The topological polar surface area (TPSA) is 55.4 Å². The first kappa shape index (κ1) is 16.8. The molecule has 2 aromatic rings. The van der Waals surface area contributed by atoms with Gasteiger partial charge in [0, 0.05) is 21.7 Å². The number of halogens is 1. The molecule has 0 unspecified atom stereocenters. The normalized spacial score (nSPS) is 10.0. The summed E-state index contributed by atoms with van der Waals surface area (Å²) in [5, 5.41) is 3.08. The van der Waals surface area contributed by atoms with Crippen LogP contribution in [0.1, 0.15) is 22.8 Å². The molecule has 1 amide bonds. The molecule has 0 fully saturated rings. The standard InChI is InChI=1S/C18H16ClNO3/c1-11(2)18(22)20-16-9-6-13(19)10-15(16)17(21)12-4-7-14(23-3)8-5-12/h4-10H,1H2,2-3H3,(H,20,22). The van der Waals surface area contributed by atoms with Gasteiger partial charge in [0.2, 0.25) is 0 Å². The average molecular weight is 330 g/mol. The largest absolute Gasteiger partial charge is 0.497 e. The Morgan fingerprint density at radius 2 is 1.78 bits per heavy atom. The molecule has 0 aliphatic carbocycles. The molecule has 0 aromatic heterocycles. The first-order valence-electron chi connectivity index (χ1n) is 6.87. The third-order valence-electron chi connectivity index (χ3n) is 3.21. The molecule has 0 atom stereocenters. The van der Waals surface area contributed by atoms with Gasteiger partial charge in [0.05, 0.1) is 12.8 Å². The molecule has 1 N–H and O–H groups in total. The number of benzene rings is 2. The van der Waals surface area contributed by atoms with Crippen molar-refractivity contribution in [3.8, 4) is 5.75 Å². The van der Waals surface area contributed by atoms with Gasteiger partial charge in [0.15, 0.2) is 5.78 Å². The maximum atomic E-state index is 12.7. The van der Waals surface area contributed by atoms with E-state index in [2.05, 4.69) is 11.9 Å². The SMILES string of the molecule is C=C(C)C(=O)Nc1ccc(Cl)cc1C(=O)c1ccc(OC)cc1. The number of rotatable bonds is 5. The maximum Gasteiger partial charge on any atom is 0.250 e. The lowest BCUT2D eigenvalue weighted by atomic mass is 10.0. The molecular weight excluding hydrogens is 314 g/mol. The second-order valence-corrected chi connectivity index (χ2v) is 5.42. The molecule has 118 valence electrons. The summed E-state index contributed by atoms with van der Waals surface area (Å²) in [6.45, 7) is 5.18. The van der Waals surface area contributed by atoms with Crippen LogP contribution in [0.4, 0.5) is 5.69 Å². The lowest BCUT2D eigenvalue weighted by molar-refractivity contribution is -0.112. The molecule has 23 heavy (non-hydrogen) atoms. The Bertz CT molecular complexity index is 766. The zero-order valence-electron chi connectivity index (χ0n) is 12.9. The van der Waals surface area contributed by atoms with Gasteiger partial charge in [-0.1, -0.05) is 18.2 Å². The molecule has 2 aromatic carbocycles. The third-order valence-corrected chi connectivity index (χ3v) is 3.45. The summed E-state index contributed by atoms with van der Waals surface area (Å²) < 4.78 is 5.08. The predicted octanol–water partition coefficient (Wildman–Crippen LogP) is 4.09. The first-order valence-corrected chi connectivity index (χ1v) is 7.25. The monoisotopic (exact) mass is 329 g/mol. The number of methoxy groups -OCH3 is 1. The fourth-order valence-corrected chi connectivity index (χ4v) is 2.11. The van der Waals surface area contributed by atoms with E-state index < -0.39 is 0 Å². The van der Waals surface area contributed by atoms with Crippen LogP contribution in [0.25, 0.3) is 0 Å². The third kappa shape index (κ3) is 3.99. The summed E-state index contributed by atoms with van der Waals surface area (Å²) in [6, 6.07) is 11.5. The lowest BCUT2D eigenvalue weighted by Crippen LogP contribution is -2.15. The van der Waals surface area contributed by atoms with Gasteiger partial charge >= 0.3 is 0 Å². The molecule has 0 spiro atoms. The van der Waals surface area contributed by atoms with E-state index in [9.17, 15) is 9.59 Å². The highest BCUT2D eigenvalue weighted by Crippen LogP contribution is 2.25. The van der Waals surface area contributed by atoms with E-state index in [1.807, 2.05) is 0 Å². The van der Waals surface area contributed by atoms with E-state index in [-0.39, 0.29) is 11.7 Å². The van der Waals surface area contributed by atoms with E-state index in [4.69, 9.17) is 16.3 Å². The highest BCUT2D eigenvalue weighted by Gasteiger charge is 2.16. The lowest BCUT2D eigenvalue weighted by Gasteiger charge is -2.11. The zero-order valence-corrected chi connectivity index (χ0v) is 13.6. The van der Waals surface area contributed by atoms with Crippen molar-refractivity contribution in [3.05, 3.63) is 70.8 Å². The second-order valence-electron chi connectivity index (χ2n) is 4.98. The summed E-state index contributed by atoms with van der Waals surface area (Å²) in [4.78, 5) is 24.5. The molecule has 0 saturated carbocycles. The summed E-state index contributed by atoms with van der Waals surface area (Å²) in [5.74, 6) is 0.0618. The van der Waals surface area contributed by atoms with E-state index in [1.165, 1.54) is 6.07 Å². The quantitative estimate of drug-likeness (QED) is 0.664. The molecule has 0 bridgehead atoms. The van der Waals surface area contributed by atoms with Crippen LogP contribution in [-0.4, -0.2) is 18.8 Å². The van der Waals surface area contributed by atoms with Crippen molar-refractivity contribution in [1.29, 1.82) is 0 Å².